The lowest BCUT2D eigenvalue weighted by Gasteiger charge is -2.20. The van der Waals surface area contributed by atoms with Crippen LogP contribution in [0.25, 0.3) is 0 Å². The summed E-state index contributed by atoms with van der Waals surface area (Å²) in [6, 6.07) is 10.6. The molecule has 1 saturated heterocycles. The lowest BCUT2D eigenvalue weighted by atomic mass is 9.98. The molecule has 3 nitrogen and oxygen atoms in total. The number of pyridine rings is 1. The first-order chi connectivity index (χ1) is 10.2. The van der Waals surface area contributed by atoms with Gasteiger partial charge in [-0.3, -0.25) is 0 Å². The Morgan fingerprint density at radius 3 is 2.71 bits per heavy atom. The Kier molecular flexibility index (Phi) is 4.15. The zero-order valence-corrected chi connectivity index (χ0v) is 13.9. The monoisotopic (exact) mass is 346 g/mol. The zero-order chi connectivity index (χ0) is 14.8. The third-order valence-electron chi connectivity index (χ3n) is 4.09. The van der Waals surface area contributed by atoms with Gasteiger partial charge >= 0.3 is 0 Å². The largest absolute Gasteiger partial charge is 0.497 e. The minimum Gasteiger partial charge on any atom is -0.497 e. The molecular weight excluding hydrogens is 328 g/mol. The highest BCUT2D eigenvalue weighted by Gasteiger charge is 2.25. The van der Waals surface area contributed by atoms with Gasteiger partial charge in [-0.25, -0.2) is 4.98 Å². The van der Waals surface area contributed by atoms with Gasteiger partial charge in [0.05, 0.1) is 7.11 Å². The average molecular weight is 347 g/mol. The highest BCUT2D eigenvalue weighted by Crippen LogP contribution is 2.32. The molecule has 1 fully saturated rings. The molecule has 0 spiro atoms. The van der Waals surface area contributed by atoms with Crippen LogP contribution in [0.4, 0.5) is 5.82 Å². The van der Waals surface area contributed by atoms with E-state index in [0.717, 1.165) is 29.1 Å². The van der Waals surface area contributed by atoms with E-state index in [1.165, 1.54) is 17.5 Å². The molecule has 0 bridgehead atoms. The van der Waals surface area contributed by atoms with E-state index in [4.69, 9.17) is 4.74 Å². The van der Waals surface area contributed by atoms with Crippen molar-refractivity contribution >= 4 is 21.7 Å². The van der Waals surface area contributed by atoms with E-state index in [1.807, 2.05) is 18.3 Å². The molecule has 1 atom stereocenters. The summed E-state index contributed by atoms with van der Waals surface area (Å²) in [4.78, 5) is 6.96. The quantitative estimate of drug-likeness (QED) is 0.834. The fourth-order valence-electron chi connectivity index (χ4n) is 2.97. The summed E-state index contributed by atoms with van der Waals surface area (Å²) in [6.07, 6.45) is 3.05. The Morgan fingerprint density at radius 2 is 2.05 bits per heavy atom. The molecule has 1 aromatic carbocycles. The molecule has 1 aliphatic heterocycles. The Bertz CT molecular complexity index is 627. The highest BCUT2D eigenvalue weighted by atomic mass is 79.9. The molecule has 110 valence electrons. The van der Waals surface area contributed by atoms with Crippen LogP contribution in [0.2, 0.25) is 0 Å². The number of methoxy groups -OCH3 is 1. The van der Waals surface area contributed by atoms with Crippen molar-refractivity contribution in [2.45, 2.75) is 19.3 Å². The highest BCUT2D eigenvalue weighted by molar-refractivity contribution is 9.10. The molecule has 21 heavy (non-hydrogen) atoms. The molecule has 0 saturated carbocycles. The molecule has 3 rings (SSSR count). The summed E-state index contributed by atoms with van der Waals surface area (Å²) in [6.45, 7) is 4.21. The number of nitrogens with zero attached hydrogens (tertiary/aromatic N) is 2. The van der Waals surface area contributed by atoms with Gasteiger partial charge in [0.1, 0.15) is 11.6 Å². The minimum absolute atomic E-state index is 0.570. The standard InChI is InChI=1S/C17H19BrN2O/c1-12-9-15(18)10-19-17(12)20-8-7-14(11-20)13-3-5-16(21-2)6-4-13/h3-6,9-10,14H,7-8,11H2,1-2H3. The van der Waals surface area contributed by atoms with Crippen LogP contribution in [0.5, 0.6) is 5.75 Å². The van der Waals surface area contributed by atoms with Crippen molar-refractivity contribution in [1.82, 2.24) is 4.98 Å². The minimum atomic E-state index is 0.570. The van der Waals surface area contributed by atoms with Gasteiger partial charge in [-0.15, -0.1) is 0 Å². The molecular formula is C17H19BrN2O. The van der Waals surface area contributed by atoms with Crippen LogP contribution in [0.15, 0.2) is 41.0 Å². The van der Waals surface area contributed by atoms with Crippen LogP contribution in [0, 0.1) is 6.92 Å². The second-order valence-corrected chi connectivity index (χ2v) is 6.41. The van der Waals surface area contributed by atoms with Crippen LogP contribution < -0.4 is 9.64 Å². The fraction of sp³-hybridized carbons (Fsp3) is 0.353. The summed E-state index contributed by atoms with van der Waals surface area (Å²) >= 11 is 3.47. The number of ether oxygens (including phenoxy) is 1. The normalized spacial score (nSPS) is 18.0. The number of hydrogen-bond acceptors (Lipinski definition) is 3. The maximum Gasteiger partial charge on any atom is 0.131 e. The first kappa shape index (κ1) is 14.4. The van der Waals surface area contributed by atoms with Crippen LogP contribution in [0.3, 0.4) is 0 Å². The van der Waals surface area contributed by atoms with Gasteiger partial charge in [0, 0.05) is 29.7 Å². The van der Waals surface area contributed by atoms with Gasteiger partial charge in [0.15, 0.2) is 0 Å². The van der Waals surface area contributed by atoms with Gasteiger partial charge in [-0.1, -0.05) is 12.1 Å². The van der Waals surface area contributed by atoms with Crippen molar-refractivity contribution in [3.8, 4) is 5.75 Å². The summed E-state index contributed by atoms with van der Waals surface area (Å²) in [5, 5.41) is 0. The van der Waals surface area contributed by atoms with E-state index in [0.29, 0.717) is 5.92 Å². The average Bonchev–Trinajstić information content (AvgIpc) is 2.97. The fourth-order valence-corrected chi connectivity index (χ4v) is 3.41. The molecule has 1 unspecified atom stereocenters. The van der Waals surface area contributed by atoms with E-state index in [1.54, 1.807) is 7.11 Å². The number of hydrogen-bond donors (Lipinski definition) is 0. The van der Waals surface area contributed by atoms with E-state index in [2.05, 4.69) is 50.9 Å². The molecule has 2 aromatic rings. The van der Waals surface area contributed by atoms with Crippen molar-refractivity contribution in [1.29, 1.82) is 0 Å². The Hall–Kier alpha value is -1.55. The summed E-state index contributed by atoms with van der Waals surface area (Å²) in [5.41, 5.74) is 2.60. The molecule has 2 heterocycles. The second kappa shape index (κ2) is 6.06. The Labute approximate surface area is 134 Å². The Morgan fingerprint density at radius 1 is 1.29 bits per heavy atom. The summed E-state index contributed by atoms with van der Waals surface area (Å²) in [5.74, 6) is 2.59. The zero-order valence-electron chi connectivity index (χ0n) is 12.3. The maximum atomic E-state index is 5.22. The number of halogens is 1. The van der Waals surface area contributed by atoms with E-state index in [-0.39, 0.29) is 0 Å². The van der Waals surface area contributed by atoms with Crippen LogP contribution >= 0.6 is 15.9 Å². The van der Waals surface area contributed by atoms with Crippen LogP contribution in [0.1, 0.15) is 23.5 Å². The van der Waals surface area contributed by atoms with Crippen molar-refractivity contribution < 1.29 is 4.74 Å². The van der Waals surface area contributed by atoms with Gasteiger partial charge in [-0.2, -0.15) is 0 Å². The summed E-state index contributed by atoms with van der Waals surface area (Å²) in [7, 11) is 1.70. The molecule has 1 aromatic heterocycles. The maximum absolute atomic E-state index is 5.22. The second-order valence-electron chi connectivity index (χ2n) is 5.50. The number of rotatable bonds is 3. The third-order valence-corrected chi connectivity index (χ3v) is 4.53. The van der Waals surface area contributed by atoms with Crippen molar-refractivity contribution in [2.24, 2.45) is 0 Å². The number of aromatic nitrogens is 1. The topological polar surface area (TPSA) is 25.4 Å². The van der Waals surface area contributed by atoms with Gasteiger partial charge in [0.2, 0.25) is 0 Å². The number of aryl methyl sites for hydroxylation is 1. The van der Waals surface area contributed by atoms with Crippen LogP contribution in [-0.2, 0) is 0 Å². The van der Waals surface area contributed by atoms with E-state index in [9.17, 15) is 0 Å². The third kappa shape index (κ3) is 3.05. The first-order valence-electron chi connectivity index (χ1n) is 7.18. The molecule has 1 aliphatic rings. The number of anilines is 1. The van der Waals surface area contributed by atoms with Crippen molar-refractivity contribution in [2.75, 3.05) is 25.1 Å². The van der Waals surface area contributed by atoms with E-state index >= 15 is 0 Å². The van der Waals surface area contributed by atoms with Crippen molar-refractivity contribution in [3.63, 3.8) is 0 Å². The predicted molar refractivity (Wildman–Crippen MR) is 89.2 cm³/mol. The smallest absolute Gasteiger partial charge is 0.131 e. The van der Waals surface area contributed by atoms with Gasteiger partial charge in [-0.05, 0) is 58.6 Å². The molecule has 0 aliphatic carbocycles. The SMILES string of the molecule is COc1ccc(C2CCN(c3ncc(Br)cc3C)C2)cc1. The Balaban J connectivity index is 1.75. The molecule has 0 amide bonds. The van der Waals surface area contributed by atoms with Gasteiger partial charge in [0.25, 0.3) is 0 Å². The lowest BCUT2D eigenvalue weighted by Crippen LogP contribution is -2.21. The molecule has 0 radical (unpaired) electrons. The van der Waals surface area contributed by atoms with Crippen LogP contribution in [-0.4, -0.2) is 25.2 Å². The van der Waals surface area contributed by atoms with E-state index < -0.39 is 0 Å². The number of benzene rings is 1. The van der Waals surface area contributed by atoms with Gasteiger partial charge < -0.3 is 9.64 Å². The first-order valence-corrected chi connectivity index (χ1v) is 7.97. The predicted octanol–water partition coefficient (Wildman–Crippen LogP) is 4.16. The van der Waals surface area contributed by atoms with Crippen molar-refractivity contribution in [3.05, 3.63) is 52.1 Å². The molecule has 4 heteroatoms. The lowest BCUT2D eigenvalue weighted by molar-refractivity contribution is 0.414. The molecule has 0 N–H and O–H groups in total. The summed E-state index contributed by atoms with van der Waals surface area (Å²) < 4.78 is 6.26.